The van der Waals surface area contributed by atoms with Crippen LogP contribution in [0.15, 0.2) is 213 Å². The first-order valence-electron chi connectivity index (χ1n) is 20.8. The molecule has 0 fully saturated rings. The lowest BCUT2D eigenvalue weighted by Gasteiger charge is -2.25. The zero-order valence-corrected chi connectivity index (χ0v) is 33.9. The minimum atomic E-state index is 0.695. The SMILES string of the molecule is C=C(/C=C\CCC)n1c2cccc(-c3cccc(N(C/C=C\C(=C/C)c4ccc(-c5ccccc5)cc4)c4ccc5ccccc5c4)c3)c2c2ccc3ccccc3c21. The first kappa shape index (κ1) is 37.4. The smallest absolute Gasteiger partial charge is 0.0619 e. The summed E-state index contributed by atoms with van der Waals surface area (Å²) < 4.78 is 2.37. The van der Waals surface area contributed by atoms with E-state index < -0.39 is 0 Å². The summed E-state index contributed by atoms with van der Waals surface area (Å²) in [5.74, 6) is 0. The second kappa shape index (κ2) is 16.7. The van der Waals surface area contributed by atoms with E-state index in [-0.39, 0.29) is 0 Å². The minimum absolute atomic E-state index is 0.695. The average molecular weight is 761 g/mol. The number of allylic oxidation sites excluding steroid dienone is 6. The van der Waals surface area contributed by atoms with Crippen LogP contribution in [0, 0.1) is 0 Å². The second-order valence-corrected chi connectivity index (χ2v) is 15.2. The summed E-state index contributed by atoms with van der Waals surface area (Å²) in [6, 6.07) is 63.9. The van der Waals surface area contributed by atoms with Crippen LogP contribution in [-0.4, -0.2) is 11.1 Å². The predicted molar refractivity (Wildman–Crippen MR) is 257 cm³/mol. The van der Waals surface area contributed by atoms with Gasteiger partial charge in [0.2, 0.25) is 0 Å². The number of anilines is 2. The molecule has 0 bridgehead atoms. The molecule has 0 aliphatic heterocycles. The Labute approximate surface area is 348 Å². The zero-order valence-electron chi connectivity index (χ0n) is 33.9. The van der Waals surface area contributed by atoms with Crippen molar-refractivity contribution in [3.8, 4) is 22.3 Å². The molecule has 286 valence electrons. The fourth-order valence-electron chi connectivity index (χ4n) is 8.50. The lowest BCUT2D eigenvalue weighted by atomic mass is 9.97. The van der Waals surface area contributed by atoms with Gasteiger partial charge in [0.1, 0.15) is 0 Å². The molecule has 0 saturated carbocycles. The Morgan fingerprint density at radius 1 is 0.576 bits per heavy atom. The third kappa shape index (κ3) is 7.42. The Kier molecular flexibility index (Phi) is 10.6. The summed E-state index contributed by atoms with van der Waals surface area (Å²) in [4.78, 5) is 2.43. The Morgan fingerprint density at radius 2 is 1.27 bits per heavy atom. The molecule has 0 radical (unpaired) electrons. The first-order chi connectivity index (χ1) is 29.1. The van der Waals surface area contributed by atoms with Gasteiger partial charge < -0.3 is 9.47 Å². The highest BCUT2D eigenvalue weighted by Crippen LogP contribution is 2.42. The molecule has 1 aromatic heterocycles. The van der Waals surface area contributed by atoms with Crippen molar-refractivity contribution in [1.29, 1.82) is 0 Å². The standard InChI is InChI=1S/C57H48N2/c1-4-6-8-18-41(3)59-55-29-16-28-52(56(55)54-37-35-47-22-13-14-27-53(47)57(54)59)49-24-15-26-50(40-49)58(51-36-34-44-21-11-12-23-48(44)39-51)38-17-25-42(5-2)45-30-32-46(33-31-45)43-19-9-7-10-20-43/h5,7-37,39-40H,3-4,6,38H2,1-2H3/b18-8-,25-17-,42-5+. The van der Waals surface area contributed by atoms with Crippen molar-refractivity contribution in [3.05, 3.63) is 218 Å². The lowest BCUT2D eigenvalue weighted by Crippen LogP contribution is -2.17. The van der Waals surface area contributed by atoms with Gasteiger partial charge in [0.15, 0.2) is 0 Å². The van der Waals surface area contributed by atoms with E-state index in [4.69, 9.17) is 0 Å². The second-order valence-electron chi connectivity index (χ2n) is 15.2. The van der Waals surface area contributed by atoms with Crippen molar-refractivity contribution in [2.75, 3.05) is 11.4 Å². The lowest BCUT2D eigenvalue weighted by molar-refractivity contribution is 0.958. The molecule has 2 heteroatoms. The molecule has 0 N–H and O–H groups in total. The predicted octanol–water partition coefficient (Wildman–Crippen LogP) is 16.1. The van der Waals surface area contributed by atoms with Gasteiger partial charge in [-0.3, -0.25) is 0 Å². The van der Waals surface area contributed by atoms with E-state index in [9.17, 15) is 0 Å². The van der Waals surface area contributed by atoms with Crippen molar-refractivity contribution in [2.45, 2.75) is 26.7 Å². The van der Waals surface area contributed by atoms with Crippen LogP contribution in [-0.2, 0) is 0 Å². The Bertz CT molecular complexity index is 3050. The fourth-order valence-corrected chi connectivity index (χ4v) is 8.50. The Balaban J connectivity index is 1.13. The molecule has 0 aliphatic carbocycles. The van der Waals surface area contributed by atoms with E-state index in [0.29, 0.717) is 6.54 Å². The van der Waals surface area contributed by atoms with Gasteiger partial charge in [-0.15, -0.1) is 0 Å². The normalized spacial score (nSPS) is 12.1. The molecule has 8 aromatic carbocycles. The quantitative estimate of drug-likeness (QED) is 0.113. The van der Waals surface area contributed by atoms with Crippen molar-refractivity contribution < 1.29 is 0 Å². The van der Waals surface area contributed by atoms with Gasteiger partial charge >= 0.3 is 0 Å². The van der Waals surface area contributed by atoms with Crippen LogP contribution in [0.4, 0.5) is 11.4 Å². The zero-order chi connectivity index (χ0) is 40.1. The van der Waals surface area contributed by atoms with E-state index >= 15 is 0 Å². The van der Waals surface area contributed by atoms with Crippen LogP contribution in [0.3, 0.4) is 0 Å². The van der Waals surface area contributed by atoms with Crippen molar-refractivity contribution in [1.82, 2.24) is 4.57 Å². The summed E-state index contributed by atoms with van der Waals surface area (Å²) in [6.07, 6.45) is 13.3. The van der Waals surface area contributed by atoms with Crippen molar-refractivity contribution in [3.63, 3.8) is 0 Å². The van der Waals surface area contributed by atoms with Crippen molar-refractivity contribution >= 4 is 66.0 Å². The van der Waals surface area contributed by atoms with Crippen LogP contribution in [0.2, 0.25) is 0 Å². The molecule has 0 aliphatic rings. The molecule has 0 amide bonds. The maximum atomic E-state index is 4.61. The number of rotatable bonds is 12. The van der Waals surface area contributed by atoms with Crippen LogP contribution < -0.4 is 4.90 Å². The number of benzene rings is 8. The summed E-state index contributed by atoms with van der Waals surface area (Å²) in [6.45, 7) is 9.64. The minimum Gasteiger partial charge on any atom is -0.338 e. The number of nitrogens with zero attached hydrogens (tertiary/aromatic N) is 2. The molecule has 59 heavy (non-hydrogen) atoms. The van der Waals surface area contributed by atoms with E-state index in [1.165, 1.54) is 71.2 Å². The topological polar surface area (TPSA) is 8.17 Å². The molecule has 2 nitrogen and oxygen atoms in total. The van der Waals surface area contributed by atoms with Crippen LogP contribution >= 0.6 is 0 Å². The van der Waals surface area contributed by atoms with Crippen molar-refractivity contribution in [2.24, 2.45) is 0 Å². The third-order valence-electron chi connectivity index (χ3n) is 11.5. The van der Waals surface area contributed by atoms with E-state index in [1.54, 1.807) is 0 Å². The molecule has 0 atom stereocenters. The Morgan fingerprint density at radius 3 is 2.08 bits per heavy atom. The van der Waals surface area contributed by atoms with Crippen LogP contribution in [0.1, 0.15) is 32.3 Å². The molecular formula is C57H48N2. The van der Waals surface area contributed by atoms with Gasteiger partial charge in [-0.2, -0.15) is 0 Å². The Hall–Kier alpha value is -7.16. The molecule has 0 unspecified atom stereocenters. The molecule has 9 rings (SSSR count). The third-order valence-corrected chi connectivity index (χ3v) is 11.5. The highest BCUT2D eigenvalue weighted by molar-refractivity contribution is 6.23. The monoisotopic (exact) mass is 760 g/mol. The molecule has 0 saturated heterocycles. The molecule has 9 aromatic rings. The van der Waals surface area contributed by atoms with E-state index in [2.05, 4.69) is 236 Å². The van der Waals surface area contributed by atoms with Crippen LogP contribution in [0.5, 0.6) is 0 Å². The highest BCUT2D eigenvalue weighted by Gasteiger charge is 2.19. The summed E-state index contributed by atoms with van der Waals surface area (Å²) in [5, 5.41) is 7.38. The van der Waals surface area contributed by atoms with Gasteiger partial charge in [0.25, 0.3) is 0 Å². The summed E-state index contributed by atoms with van der Waals surface area (Å²) in [5.41, 5.74) is 12.8. The van der Waals surface area contributed by atoms with Gasteiger partial charge in [-0.1, -0.05) is 190 Å². The summed E-state index contributed by atoms with van der Waals surface area (Å²) in [7, 11) is 0. The first-order valence-corrected chi connectivity index (χ1v) is 20.8. The van der Waals surface area contributed by atoms with Gasteiger partial charge in [0, 0.05) is 39.8 Å². The molecular weight excluding hydrogens is 713 g/mol. The van der Waals surface area contributed by atoms with E-state index in [1.807, 2.05) is 0 Å². The maximum absolute atomic E-state index is 4.61. The fraction of sp³-hybridized carbons (Fsp3) is 0.0877. The van der Waals surface area contributed by atoms with Gasteiger partial charge in [-0.25, -0.2) is 0 Å². The van der Waals surface area contributed by atoms with Gasteiger partial charge in [-0.05, 0) is 99.3 Å². The van der Waals surface area contributed by atoms with Gasteiger partial charge in [0.05, 0.1) is 11.0 Å². The molecule has 0 spiro atoms. The number of unbranched alkanes of at least 4 members (excludes halogenated alkanes) is 1. The average Bonchev–Trinajstić information content (AvgIpc) is 3.65. The number of aromatic nitrogens is 1. The number of hydrogen-bond acceptors (Lipinski definition) is 1. The highest BCUT2D eigenvalue weighted by atomic mass is 15.1. The maximum Gasteiger partial charge on any atom is 0.0619 e. The summed E-state index contributed by atoms with van der Waals surface area (Å²) >= 11 is 0. The largest absolute Gasteiger partial charge is 0.338 e. The van der Waals surface area contributed by atoms with E-state index in [0.717, 1.165) is 35.4 Å². The van der Waals surface area contributed by atoms with Crippen LogP contribution in [0.25, 0.3) is 76.9 Å². The number of hydrogen-bond donors (Lipinski definition) is 0. The number of fused-ring (bicyclic) bond motifs is 6. The molecule has 1 heterocycles.